The van der Waals surface area contributed by atoms with E-state index in [0.717, 1.165) is 16.5 Å². The van der Waals surface area contributed by atoms with Crippen LogP contribution in [0.4, 0.5) is 0 Å². The molecule has 0 fully saturated rings. The Morgan fingerprint density at radius 2 is 1.81 bits per heavy atom. The van der Waals surface area contributed by atoms with Crippen molar-refractivity contribution in [1.82, 2.24) is 0 Å². The van der Waals surface area contributed by atoms with Gasteiger partial charge in [0, 0.05) is 21.9 Å². The average molecular weight is 272 g/mol. The molecule has 2 aliphatic rings. The minimum atomic E-state index is 0.369. The van der Waals surface area contributed by atoms with Crippen LogP contribution in [0.15, 0.2) is 46.5 Å². The smallest absolute Gasteiger partial charge is 0.0956 e. The molecule has 2 aliphatic carbocycles. The van der Waals surface area contributed by atoms with Crippen LogP contribution in [-0.4, -0.2) is 0 Å². The van der Waals surface area contributed by atoms with Crippen LogP contribution in [0.2, 0.25) is 0 Å². The van der Waals surface area contributed by atoms with E-state index in [0.29, 0.717) is 11.8 Å². The van der Waals surface area contributed by atoms with E-state index in [9.17, 15) is 5.26 Å². The molecule has 1 aromatic carbocycles. The lowest BCUT2D eigenvalue weighted by molar-refractivity contribution is 0.727. The molecule has 16 heavy (non-hydrogen) atoms. The summed E-state index contributed by atoms with van der Waals surface area (Å²) < 4.78 is 1.08. The van der Waals surface area contributed by atoms with Gasteiger partial charge in [-0.05, 0) is 29.7 Å². The number of rotatable bonds is 1. The highest BCUT2D eigenvalue weighted by molar-refractivity contribution is 9.10. The lowest BCUT2D eigenvalue weighted by atomic mass is 9.92. The van der Waals surface area contributed by atoms with Gasteiger partial charge in [-0.1, -0.05) is 40.2 Å². The summed E-state index contributed by atoms with van der Waals surface area (Å²) in [5.41, 5.74) is 3.40. The Morgan fingerprint density at radius 3 is 2.50 bits per heavy atom. The summed E-state index contributed by atoms with van der Waals surface area (Å²) in [5.74, 6) is 0.828. The van der Waals surface area contributed by atoms with E-state index in [1.54, 1.807) is 0 Å². The summed E-state index contributed by atoms with van der Waals surface area (Å²) in [6.45, 7) is 0. The third-order valence-corrected chi connectivity index (χ3v) is 3.92. The number of fused-ring (bicyclic) bond motifs is 2. The Morgan fingerprint density at radius 1 is 1.12 bits per heavy atom. The quantitative estimate of drug-likeness (QED) is 0.710. The third kappa shape index (κ3) is 1.36. The van der Waals surface area contributed by atoms with E-state index in [2.05, 4.69) is 46.3 Å². The van der Waals surface area contributed by atoms with Crippen LogP contribution < -0.4 is 0 Å². The molecule has 2 unspecified atom stereocenters. The van der Waals surface area contributed by atoms with Crippen LogP contribution in [0.3, 0.4) is 0 Å². The number of hydrogen-bond acceptors (Lipinski definition) is 1. The van der Waals surface area contributed by atoms with Crippen molar-refractivity contribution in [3.63, 3.8) is 0 Å². The van der Waals surface area contributed by atoms with E-state index >= 15 is 0 Å². The second-order valence-corrected chi connectivity index (χ2v) is 5.20. The summed E-state index contributed by atoms with van der Waals surface area (Å²) >= 11 is 3.43. The highest BCUT2D eigenvalue weighted by Crippen LogP contribution is 2.48. The zero-order valence-electron chi connectivity index (χ0n) is 8.65. The Kier molecular flexibility index (Phi) is 2.22. The summed E-state index contributed by atoms with van der Waals surface area (Å²) in [4.78, 5) is 0. The Hall–Kier alpha value is -1.33. The molecule has 78 valence electrons. The maximum atomic E-state index is 9.22. The van der Waals surface area contributed by atoms with Crippen LogP contribution in [0.1, 0.15) is 12.0 Å². The maximum absolute atomic E-state index is 9.22. The number of nitriles is 1. The molecule has 1 aromatic rings. The SMILES string of the molecule is N#CC1=C(c2ccc(Br)cc2)C2C=CC1C2. The van der Waals surface area contributed by atoms with Gasteiger partial charge in [0.2, 0.25) is 0 Å². The first-order chi connectivity index (χ1) is 7.79. The van der Waals surface area contributed by atoms with Gasteiger partial charge in [0.05, 0.1) is 6.07 Å². The number of hydrogen-bond donors (Lipinski definition) is 0. The van der Waals surface area contributed by atoms with Gasteiger partial charge >= 0.3 is 0 Å². The Bertz CT molecular complexity index is 531. The second-order valence-electron chi connectivity index (χ2n) is 4.28. The Balaban J connectivity index is 2.10. The molecular weight excluding hydrogens is 262 g/mol. The van der Waals surface area contributed by atoms with Crippen molar-refractivity contribution in [2.45, 2.75) is 6.42 Å². The van der Waals surface area contributed by atoms with Crippen molar-refractivity contribution in [3.05, 3.63) is 52.0 Å². The van der Waals surface area contributed by atoms with Gasteiger partial charge in [-0.25, -0.2) is 0 Å². The number of allylic oxidation sites excluding steroid dienone is 4. The predicted octanol–water partition coefficient (Wildman–Crippen LogP) is 3.93. The van der Waals surface area contributed by atoms with Crippen LogP contribution in [0, 0.1) is 23.2 Å². The van der Waals surface area contributed by atoms with Crippen molar-refractivity contribution in [2.24, 2.45) is 11.8 Å². The molecule has 2 bridgehead atoms. The molecule has 0 saturated carbocycles. The highest BCUT2D eigenvalue weighted by atomic mass is 79.9. The highest BCUT2D eigenvalue weighted by Gasteiger charge is 2.35. The van der Waals surface area contributed by atoms with Crippen LogP contribution in [-0.2, 0) is 0 Å². The number of halogens is 1. The monoisotopic (exact) mass is 271 g/mol. The third-order valence-electron chi connectivity index (χ3n) is 3.39. The van der Waals surface area contributed by atoms with Crippen molar-refractivity contribution in [3.8, 4) is 6.07 Å². The van der Waals surface area contributed by atoms with Crippen LogP contribution >= 0.6 is 15.9 Å². The van der Waals surface area contributed by atoms with Gasteiger partial charge in [0.25, 0.3) is 0 Å². The fourth-order valence-corrected chi connectivity index (χ4v) is 2.93. The summed E-state index contributed by atoms with van der Waals surface area (Å²) in [5, 5.41) is 9.22. The van der Waals surface area contributed by atoms with E-state index in [1.165, 1.54) is 11.1 Å². The summed E-state index contributed by atoms with van der Waals surface area (Å²) in [7, 11) is 0. The van der Waals surface area contributed by atoms with Crippen molar-refractivity contribution in [1.29, 1.82) is 5.26 Å². The first kappa shape index (κ1) is 9.86. The van der Waals surface area contributed by atoms with Crippen molar-refractivity contribution >= 4 is 21.5 Å². The zero-order chi connectivity index (χ0) is 11.1. The number of benzene rings is 1. The van der Waals surface area contributed by atoms with Crippen molar-refractivity contribution < 1.29 is 0 Å². The first-order valence-corrected chi connectivity index (χ1v) is 6.17. The van der Waals surface area contributed by atoms with Gasteiger partial charge in [-0.15, -0.1) is 0 Å². The minimum Gasteiger partial charge on any atom is -0.193 e. The normalized spacial score (nSPS) is 26.2. The van der Waals surface area contributed by atoms with E-state index in [-0.39, 0.29) is 0 Å². The van der Waals surface area contributed by atoms with Gasteiger partial charge in [-0.2, -0.15) is 5.26 Å². The lowest BCUT2D eigenvalue weighted by Gasteiger charge is -2.12. The summed E-state index contributed by atoms with van der Waals surface area (Å²) in [6, 6.07) is 10.6. The molecule has 0 radical (unpaired) electrons. The molecule has 0 amide bonds. The molecule has 2 heteroatoms. The standard InChI is InChI=1S/C14H10BrN/c15-12-5-3-9(4-6-12)14-11-2-1-10(7-11)13(14)8-16/h1-6,10-11H,7H2. The molecule has 2 atom stereocenters. The molecule has 1 nitrogen and oxygen atoms in total. The van der Waals surface area contributed by atoms with Gasteiger partial charge in [0.15, 0.2) is 0 Å². The van der Waals surface area contributed by atoms with Crippen LogP contribution in [0.5, 0.6) is 0 Å². The fraction of sp³-hybridized carbons (Fsp3) is 0.214. The second kappa shape index (κ2) is 3.61. The largest absolute Gasteiger partial charge is 0.193 e. The van der Waals surface area contributed by atoms with Crippen LogP contribution in [0.25, 0.3) is 5.57 Å². The molecular formula is C14H10BrN. The van der Waals surface area contributed by atoms with E-state index < -0.39 is 0 Å². The lowest BCUT2D eigenvalue weighted by Crippen LogP contribution is -1.96. The zero-order valence-corrected chi connectivity index (χ0v) is 10.2. The molecule has 0 heterocycles. The van der Waals surface area contributed by atoms with Crippen molar-refractivity contribution in [2.75, 3.05) is 0 Å². The predicted molar refractivity (Wildman–Crippen MR) is 67.4 cm³/mol. The van der Waals surface area contributed by atoms with E-state index in [4.69, 9.17) is 0 Å². The van der Waals surface area contributed by atoms with E-state index in [1.807, 2.05) is 12.1 Å². The first-order valence-electron chi connectivity index (χ1n) is 5.38. The molecule has 0 spiro atoms. The fourth-order valence-electron chi connectivity index (χ4n) is 2.67. The Labute approximate surface area is 103 Å². The van der Waals surface area contributed by atoms with Gasteiger partial charge in [-0.3, -0.25) is 0 Å². The maximum Gasteiger partial charge on any atom is 0.0956 e. The minimum absolute atomic E-state index is 0.369. The summed E-state index contributed by atoms with van der Waals surface area (Å²) in [6.07, 6.45) is 5.50. The topological polar surface area (TPSA) is 23.8 Å². The van der Waals surface area contributed by atoms with Gasteiger partial charge < -0.3 is 0 Å². The molecule has 3 rings (SSSR count). The molecule has 0 saturated heterocycles. The number of nitrogens with zero attached hydrogens (tertiary/aromatic N) is 1. The average Bonchev–Trinajstić information content (AvgIpc) is 2.89. The molecule has 0 aromatic heterocycles. The molecule has 0 N–H and O–H groups in total. The molecule has 0 aliphatic heterocycles. The van der Waals surface area contributed by atoms with Gasteiger partial charge in [0.1, 0.15) is 0 Å².